The van der Waals surface area contributed by atoms with Crippen molar-refractivity contribution in [2.45, 2.75) is 63.7 Å². The Morgan fingerprint density at radius 2 is 1.83 bits per heavy atom. The van der Waals surface area contributed by atoms with Crippen molar-refractivity contribution < 1.29 is 28.0 Å². The normalized spacial score (nSPS) is 13.9. The van der Waals surface area contributed by atoms with E-state index in [1.165, 1.54) is 0 Å². The number of carbonyl (C=O) groups excluding carboxylic acids is 1. The first-order chi connectivity index (χ1) is 16.7. The molecule has 0 aliphatic rings. The van der Waals surface area contributed by atoms with Gasteiger partial charge in [-0.25, -0.2) is 13.2 Å². The molecule has 11 nitrogen and oxygen atoms in total. The van der Waals surface area contributed by atoms with E-state index in [0.717, 1.165) is 28.3 Å². The molecule has 1 heterocycles. The summed E-state index contributed by atoms with van der Waals surface area (Å²) in [5.74, 6) is -0.120. The number of ether oxygens (including phenoxy) is 1. The number of hydrogen-bond donors (Lipinski definition) is 2. The molecule has 0 aliphatic carbocycles. The highest BCUT2D eigenvalue weighted by Crippen LogP contribution is 2.22. The number of hydrogen-bond acceptors (Lipinski definition) is 8. The van der Waals surface area contributed by atoms with Gasteiger partial charge in [-0.3, -0.25) is 15.1 Å². The first kappa shape index (κ1) is 29.1. The summed E-state index contributed by atoms with van der Waals surface area (Å²) < 4.78 is 33.2. The van der Waals surface area contributed by atoms with Crippen LogP contribution in [0.2, 0.25) is 0 Å². The van der Waals surface area contributed by atoms with E-state index < -0.39 is 44.5 Å². The lowest BCUT2D eigenvalue weighted by molar-refractivity contribution is -0.385. The van der Waals surface area contributed by atoms with Crippen LogP contribution in [0, 0.1) is 16.0 Å². The van der Waals surface area contributed by atoms with Gasteiger partial charge in [0.15, 0.2) is 0 Å². The minimum absolute atomic E-state index is 0.0343. The molecule has 0 aliphatic heterocycles. The van der Waals surface area contributed by atoms with Crippen LogP contribution in [0.5, 0.6) is 0 Å². The van der Waals surface area contributed by atoms with E-state index in [1.807, 2.05) is 30.3 Å². The molecular formula is C24H34N4O7S. The third kappa shape index (κ3) is 8.85. The molecule has 2 N–H and O–H groups in total. The number of amides is 1. The number of aliphatic hydroxyl groups is 1. The van der Waals surface area contributed by atoms with Gasteiger partial charge in [0, 0.05) is 25.4 Å². The number of pyridine rings is 1. The predicted octanol–water partition coefficient (Wildman–Crippen LogP) is 3.13. The molecular weight excluding hydrogens is 488 g/mol. The first-order valence-electron chi connectivity index (χ1n) is 11.5. The number of alkyl carbamates (subject to hydrolysis) is 1. The van der Waals surface area contributed by atoms with Gasteiger partial charge < -0.3 is 15.2 Å². The third-order valence-corrected chi connectivity index (χ3v) is 6.77. The zero-order valence-corrected chi connectivity index (χ0v) is 21.9. The smallest absolute Gasteiger partial charge is 0.407 e. The van der Waals surface area contributed by atoms with Crippen molar-refractivity contribution in [3.63, 3.8) is 0 Å². The average Bonchev–Trinajstić information content (AvgIpc) is 2.77. The number of rotatable bonds is 11. The number of nitrogens with one attached hydrogen (secondary N) is 1. The second-order valence-electron chi connectivity index (χ2n) is 9.86. The summed E-state index contributed by atoms with van der Waals surface area (Å²) in [5.41, 5.74) is -0.414. The standard InChI is InChI=1S/C24H34N4O7S/c1-17(2)15-27(36(33,34)20-12-19(28(31)32)13-25-14-20)16-22(29)21(11-18-9-7-6-8-10-18)26-23(30)35-24(3,4)5/h6-10,12-14,17,21-22,29H,11,15-16H2,1-5H3,(H,26,30)/t21-,22+/m0/s1. The Hall–Kier alpha value is -3.09. The SMILES string of the molecule is CC(C)CN(C[C@@H](O)[C@H](Cc1ccccc1)NC(=O)OC(C)(C)C)S(=O)(=O)c1cncc([N+](=O)[O-])c1. The van der Waals surface area contributed by atoms with E-state index in [-0.39, 0.29) is 30.3 Å². The van der Waals surface area contributed by atoms with E-state index >= 15 is 0 Å². The van der Waals surface area contributed by atoms with Crippen molar-refractivity contribution in [2.24, 2.45) is 5.92 Å². The van der Waals surface area contributed by atoms with Crippen molar-refractivity contribution in [1.82, 2.24) is 14.6 Å². The lowest BCUT2D eigenvalue weighted by Gasteiger charge is -2.31. The fourth-order valence-electron chi connectivity index (χ4n) is 3.42. The number of nitrogens with zero attached hydrogens (tertiary/aromatic N) is 3. The summed E-state index contributed by atoms with van der Waals surface area (Å²) in [6, 6.07) is 9.17. The number of aromatic nitrogens is 1. The van der Waals surface area contributed by atoms with E-state index in [2.05, 4.69) is 10.3 Å². The molecule has 1 aromatic carbocycles. The Balaban J connectivity index is 2.36. The summed E-state index contributed by atoms with van der Waals surface area (Å²) in [4.78, 5) is 26.2. The van der Waals surface area contributed by atoms with Gasteiger partial charge in [-0.1, -0.05) is 44.2 Å². The summed E-state index contributed by atoms with van der Waals surface area (Å²) in [6.45, 7) is 8.41. The molecule has 0 radical (unpaired) electrons. The number of aliphatic hydroxyl groups excluding tert-OH is 1. The van der Waals surface area contributed by atoms with Crippen LogP contribution in [0.15, 0.2) is 53.7 Å². The van der Waals surface area contributed by atoms with Gasteiger partial charge in [-0.05, 0) is 38.7 Å². The van der Waals surface area contributed by atoms with Crippen molar-refractivity contribution in [1.29, 1.82) is 0 Å². The Bertz CT molecular complexity index is 1130. The van der Waals surface area contributed by atoms with Crippen LogP contribution < -0.4 is 5.32 Å². The molecule has 0 spiro atoms. The zero-order valence-electron chi connectivity index (χ0n) is 21.1. The lowest BCUT2D eigenvalue weighted by Crippen LogP contribution is -2.52. The molecule has 1 aromatic heterocycles. The van der Waals surface area contributed by atoms with E-state index in [4.69, 9.17) is 4.74 Å². The Morgan fingerprint density at radius 3 is 2.39 bits per heavy atom. The molecule has 36 heavy (non-hydrogen) atoms. The molecule has 0 fully saturated rings. The molecule has 0 saturated heterocycles. The average molecular weight is 523 g/mol. The van der Waals surface area contributed by atoms with Crippen molar-refractivity contribution in [2.75, 3.05) is 13.1 Å². The van der Waals surface area contributed by atoms with Crippen LogP contribution >= 0.6 is 0 Å². The Kier molecular flexibility index (Phi) is 9.91. The highest BCUT2D eigenvalue weighted by molar-refractivity contribution is 7.89. The van der Waals surface area contributed by atoms with Crippen LogP contribution in [0.3, 0.4) is 0 Å². The van der Waals surface area contributed by atoms with Crippen LogP contribution in [-0.4, -0.2) is 64.7 Å². The van der Waals surface area contributed by atoms with Crippen molar-refractivity contribution >= 4 is 21.8 Å². The molecule has 0 bridgehead atoms. The van der Waals surface area contributed by atoms with E-state index in [0.29, 0.717) is 0 Å². The van der Waals surface area contributed by atoms with Crippen LogP contribution in [-0.2, 0) is 21.2 Å². The van der Waals surface area contributed by atoms with Gasteiger partial charge in [0.05, 0.1) is 17.1 Å². The van der Waals surface area contributed by atoms with Gasteiger partial charge in [-0.2, -0.15) is 4.31 Å². The zero-order chi connectivity index (χ0) is 27.1. The van der Waals surface area contributed by atoms with Crippen LogP contribution in [0.25, 0.3) is 0 Å². The number of sulfonamides is 1. The Morgan fingerprint density at radius 1 is 1.19 bits per heavy atom. The molecule has 2 rings (SSSR count). The van der Waals surface area contributed by atoms with Crippen LogP contribution in [0.1, 0.15) is 40.2 Å². The highest BCUT2D eigenvalue weighted by Gasteiger charge is 2.33. The maximum atomic E-state index is 13.4. The van der Waals surface area contributed by atoms with Crippen LogP contribution in [0.4, 0.5) is 10.5 Å². The largest absolute Gasteiger partial charge is 0.444 e. The van der Waals surface area contributed by atoms with Crippen molar-refractivity contribution in [3.05, 3.63) is 64.5 Å². The predicted molar refractivity (Wildman–Crippen MR) is 134 cm³/mol. The molecule has 0 saturated carbocycles. The fourth-order valence-corrected chi connectivity index (χ4v) is 5.03. The minimum atomic E-state index is -4.25. The highest BCUT2D eigenvalue weighted by atomic mass is 32.2. The first-order valence-corrected chi connectivity index (χ1v) is 12.9. The molecule has 0 unspecified atom stereocenters. The monoisotopic (exact) mass is 522 g/mol. The minimum Gasteiger partial charge on any atom is -0.444 e. The quantitative estimate of drug-likeness (QED) is 0.337. The fraction of sp³-hybridized carbons (Fsp3) is 0.500. The maximum Gasteiger partial charge on any atom is 0.407 e. The molecule has 1 amide bonds. The molecule has 198 valence electrons. The molecule has 2 atom stereocenters. The number of carbonyl (C=O) groups is 1. The summed E-state index contributed by atoms with van der Waals surface area (Å²) in [6.07, 6.45) is 0.139. The topological polar surface area (TPSA) is 152 Å². The van der Waals surface area contributed by atoms with Crippen molar-refractivity contribution in [3.8, 4) is 0 Å². The summed E-state index contributed by atoms with van der Waals surface area (Å²) in [7, 11) is -4.25. The van der Waals surface area contributed by atoms with Gasteiger partial charge in [-0.15, -0.1) is 0 Å². The summed E-state index contributed by atoms with van der Waals surface area (Å²) >= 11 is 0. The van der Waals surface area contributed by atoms with Gasteiger partial charge in [0.1, 0.15) is 16.7 Å². The molecule has 2 aromatic rings. The van der Waals surface area contributed by atoms with Gasteiger partial charge in [0.2, 0.25) is 10.0 Å². The van der Waals surface area contributed by atoms with E-state index in [9.17, 15) is 28.4 Å². The number of nitro groups is 1. The maximum absolute atomic E-state index is 13.4. The van der Waals surface area contributed by atoms with Gasteiger partial charge in [0.25, 0.3) is 5.69 Å². The summed E-state index contributed by atoms with van der Waals surface area (Å²) in [5, 5.41) is 25.0. The number of benzene rings is 1. The second-order valence-corrected chi connectivity index (χ2v) is 11.8. The van der Waals surface area contributed by atoms with Gasteiger partial charge >= 0.3 is 6.09 Å². The second kappa shape index (κ2) is 12.2. The molecule has 12 heteroatoms. The lowest BCUT2D eigenvalue weighted by atomic mass is 10.0. The van der Waals surface area contributed by atoms with E-state index in [1.54, 1.807) is 34.6 Å². The Labute approximate surface area is 211 Å². The third-order valence-electron chi connectivity index (χ3n) is 4.97.